The second-order valence-corrected chi connectivity index (χ2v) is 6.76. The molecule has 0 saturated carbocycles. The average molecular weight is 377 g/mol. The molecule has 1 amide bonds. The molecule has 0 atom stereocenters. The van der Waals surface area contributed by atoms with Crippen LogP contribution in [0.15, 0.2) is 36.7 Å². The van der Waals surface area contributed by atoms with Crippen molar-refractivity contribution in [3.8, 4) is 0 Å². The number of fused-ring (bicyclic) bond motifs is 1. The molecule has 1 aliphatic heterocycles. The van der Waals surface area contributed by atoms with Crippen LogP contribution in [-0.4, -0.2) is 63.5 Å². The van der Waals surface area contributed by atoms with Gasteiger partial charge in [0.05, 0.1) is 11.0 Å². The van der Waals surface area contributed by atoms with E-state index in [0.717, 1.165) is 42.2 Å². The second kappa shape index (κ2) is 7.75. The highest BCUT2D eigenvalue weighted by Gasteiger charge is 2.23. The van der Waals surface area contributed by atoms with Crippen molar-refractivity contribution in [2.45, 2.75) is 13.8 Å². The number of hydrogen-bond acceptors (Lipinski definition) is 7. The van der Waals surface area contributed by atoms with Crippen LogP contribution in [0.5, 0.6) is 0 Å². The third kappa shape index (κ3) is 3.71. The lowest BCUT2D eigenvalue weighted by atomic mass is 10.1. The number of amides is 1. The summed E-state index contributed by atoms with van der Waals surface area (Å²) < 4.78 is 0. The number of rotatable bonds is 4. The Balaban J connectivity index is 1.45. The van der Waals surface area contributed by atoms with Crippen LogP contribution in [0, 0.1) is 6.92 Å². The van der Waals surface area contributed by atoms with Gasteiger partial charge in [0.2, 0.25) is 5.95 Å². The predicted molar refractivity (Wildman–Crippen MR) is 109 cm³/mol. The molecule has 144 valence electrons. The van der Waals surface area contributed by atoms with Gasteiger partial charge in [0, 0.05) is 62.4 Å². The van der Waals surface area contributed by atoms with Crippen LogP contribution in [0.25, 0.3) is 11.0 Å². The highest BCUT2D eigenvalue weighted by molar-refractivity contribution is 5.97. The predicted octanol–water partition coefficient (Wildman–Crippen LogP) is 2.12. The van der Waals surface area contributed by atoms with Crippen LogP contribution in [-0.2, 0) is 0 Å². The lowest BCUT2D eigenvalue weighted by Crippen LogP contribution is -2.49. The molecule has 3 aromatic rings. The molecule has 1 aliphatic rings. The first-order valence-corrected chi connectivity index (χ1v) is 9.48. The SMILES string of the molecule is CCNc1nc(C)cc(N2CCN(C(=O)c3ccc4nccnc4c3)CC2)n1. The molecule has 0 unspecified atom stereocenters. The number of benzene rings is 1. The van der Waals surface area contributed by atoms with E-state index < -0.39 is 0 Å². The third-order valence-electron chi connectivity index (χ3n) is 4.78. The summed E-state index contributed by atoms with van der Waals surface area (Å²) in [4.78, 5) is 34.5. The number of anilines is 2. The largest absolute Gasteiger partial charge is 0.354 e. The maximum absolute atomic E-state index is 12.9. The summed E-state index contributed by atoms with van der Waals surface area (Å²) in [6.45, 7) is 7.54. The van der Waals surface area contributed by atoms with Crippen molar-refractivity contribution in [3.05, 3.63) is 47.9 Å². The highest BCUT2D eigenvalue weighted by Crippen LogP contribution is 2.19. The Hall–Kier alpha value is -3.29. The average Bonchev–Trinajstić information content (AvgIpc) is 2.73. The lowest BCUT2D eigenvalue weighted by molar-refractivity contribution is 0.0746. The minimum atomic E-state index is 0.0272. The minimum Gasteiger partial charge on any atom is -0.354 e. The van der Waals surface area contributed by atoms with Gasteiger partial charge in [0.1, 0.15) is 5.82 Å². The van der Waals surface area contributed by atoms with Crippen LogP contribution in [0.4, 0.5) is 11.8 Å². The molecule has 1 saturated heterocycles. The van der Waals surface area contributed by atoms with Gasteiger partial charge in [0.25, 0.3) is 5.91 Å². The number of piperazine rings is 1. The summed E-state index contributed by atoms with van der Waals surface area (Å²) in [5.41, 5.74) is 3.10. The summed E-state index contributed by atoms with van der Waals surface area (Å²) in [6, 6.07) is 7.47. The number of aromatic nitrogens is 4. The smallest absolute Gasteiger partial charge is 0.254 e. The number of carbonyl (C=O) groups excluding carboxylic acids is 1. The van der Waals surface area contributed by atoms with E-state index in [1.54, 1.807) is 12.4 Å². The first-order chi connectivity index (χ1) is 13.6. The van der Waals surface area contributed by atoms with Crippen molar-refractivity contribution in [1.29, 1.82) is 0 Å². The number of hydrogen-bond donors (Lipinski definition) is 1. The fourth-order valence-electron chi connectivity index (χ4n) is 3.37. The zero-order valence-electron chi connectivity index (χ0n) is 16.1. The van der Waals surface area contributed by atoms with Crippen molar-refractivity contribution in [2.75, 3.05) is 42.9 Å². The highest BCUT2D eigenvalue weighted by atomic mass is 16.2. The zero-order valence-corrected chi connectivity index (χ0v) is 16.1. The molecule has 8 heteroatoms. The van der Waals surface area contributed by atoms with E-state index >= 15 is 0 Å². The summed E-state index contributed by atoms with van der Waals surface area (Å²) in [6.07, 6.45) is 3.29. The van der Waals surface area contributed by atoms with E-state index in [2.05, 4.69) is 30.2 Å². The maximum Gasteiger partial charge on any atom is 0.254 e. The monoisotopic (exact) mass is 377 g/mol. The molecule has 3 heterocycles. The van der Waals surface area contributed by atoms with Crippen LogP contribution >= 0.6 is 0 Å². The van der Waals surface area contributed by atoms with Crippen molar-refractivity contribution in [3.63, 3.8) is 0 Å². The van der Waals surface area contributed by atoms with Gasteiger partial charge in [-0.15, -0.1) is 0 Å². The Bertz CT molecular complexity index is 999. The van der Waals surface area contributed by atoms with Crippen LogP contribution in [0.1, 0.15) is 23.0 Å². The van der Waals surface area contributed by atoms with Gasteiger partial charge in [0.15, 0.2) is 0 Å². The van der Waals surface area contributed by atoms with Crippen molar-refractivity contribution >= 4 is 28.7 Å². The van der Waals surface area contributed by atoms with Gasteiger partial charge in [-0.25, -0.2) is 4.98 Å². The van der Waals surface area contributed by atoms with Crippen molar-refractivity contribution in [2.24, 2.45) is 0 Å². The molecule has 28 heavy (non-hydrogen) atoms. The summed E-state index contributed by atoms with van der Waals surface area (Å²) in [5, 5.41) is 3.17. The quantitative estimate of drug-likeness (QED) is 0.745. The fraction of sp³-hybridized carbons (Fsp3) is 0.350. The molecular formula is C20H23N7O. The molecule has 0 radical (unpaired) electrons. The Morgan fingerprint density at radius 3 is 2.54 bits per heavy atom. The van der Waals surface area contributed by atoms with E-state index in [9.17, 15) is 4.79 Å². The standard InChI is InChI=1S/C20H23N7O/c1-3-21-20-24-14(2)12-18(25-20)26-8-10-27(11-9-26)19(28)15-4-5-16-17(13-15)23-7-6-22-16/h4-7,12-13H,3,8-11H2,1-2H3,(H,21,24,25). The Labute approximate surface area is 163 Å². The minimum absolute atomic E-state index is 0.0272. The Morgan fingerprint density at radius 2 is 1.79 bits per heavy atom. The molecule has 1 fully saturated rings. The summed E-state index contributed by atoms with van der Waals surface area (Å²) in [7, 11) is 0. The van der Waals surface area contributed by atoms with Gasteiger partial charge in [-0.2, -0.15) is 4.98 Å². The van der Waals surface area contributed by atoms with E-state index in [-0.39, 0.29) is 5.91 Å². The molecule has 1 N–H and O–H groups in total. The number of nitrogens with one attached hydrogen (secondary N) is 1. The topological polar surface area (TPSA) is 87.1 Å². The Kier molecular flexibility index (Phi) is 5.01. The normalized spacial score (nSPS) is 14.4. The van der Waals surface area contributed by atoms with Gasteiger partial charge < -0.3 is 15.1 Å². The number of carbonyl (C=O) groups is 1. The van der Waals surface area contributed by atoms with Crippen molar-refractivity contribution in [1.82, 2.24) is 24.8 Å². The molecule has 2 aromatic heterocycles. The zero-order chi connectivity index (χ0) is 19.5. The van der Waals surface area contributed by atoms with E-state index in [0.29, 0.717) is 24.6 Å². The van der Waals surface area contributed by atoms with Gasteiger partial charge >= 0.3 is 0 Å². The fourth-order valence-corrected chi connectivity index (χ4v) is 3.37. The lowest BCUT2D eigenvalue weighted by Gasteiger charge is -2.35. The summed E-state index contributed by atoms with van der Waals surface area (Å²) in [5.74, 6) is 1.57. The molecule has 0 aliphatic carbocycles. The van der Waals surface area contributed by atoms with Gasteiger partial charge in [-0.05, 0) is 32.0 Å². The van der Waals surface area contributed by atoms with E-state index in [1.807, 2.05) is 43.0 Å². The maximum atomic E-state index is 12.9. The molecular weight excluding hydrogens is 354 g/mol. The first kappa shape index (κ1) is 18.1. The molecule has 0 bridgehead atoms. The van der Waals surface area contributed by atoms with Crippen LogP contribution < -0.4 is 10.2 Å². The molecule has 4 rings (SSSR count). The molecule has 1 aromatic carbocycles. The van der Waals surface area contributed by atoms with E-state index in [1.165, 1.54) is 0 Å². The first-order valence-electron chi connectivity index (χ1n) is 9.48. The third-order valence-corrected chi connectivity index (χ3v) is 4.78. The van der Waals surface area contributed by atoms with Crippen LogP contribution in [0.2, 0.25) is 0 Å². The second-order valence-electron chi connectivity index (χ2n) is 6.76. The summed E-state index contributed by atoms with van der Waals surface area (Å²) >= 11 is 0. The Morgan fingerprint density at radius 1 is 1.04 bits per heavy atom. The molecule has 8 nitrogen and oxygen atoms in total. The van der Waals surface area contributed by atoms with Crippen LogP contribution in [0.3, 0.4) is 0 Å². The number of aryl methyl sites for hydroxylation is 1. The van der Waals surface area contributed by atoms with Crippen molar-refractivity contribution < 1.29 is 4.79 Å². The number of nitrogens with zero attached hydrogens (tertiary/aromatic N) is 6. The van der Waals surface area contributed by atoms with Gasteiger partial charge in [-0.3, -0.25) is 14.8 Å². The van der Waals surface area contributed by atoms with Gasteiger partial charge in [-0.1, -0.05) is 0 Å². The molecule has 0 spiro atoms. The van der Waals surface area contributed by atoms with E-state index in [4.69, 9.17) is 0 Å².